The van der Waals surface area contributed by atoms with Gasteiger partial charge in [0.2, 0.25) is 0 Å². The maximum Gasteiger partial charge on any atom is 0.375 e. The zero-order chi connectivity index (χ0) is 22.5. The average Bonchev–Trinajstić information content (AvgIpc) is 2.52. The van der Waals surface area contributed by atoms with Gasteiger partial charge in [0, 0.05) is 18.8 Å². The molecule has 0 aliphatic heterocycles. The van der Waals surface area contributed by atoms with Crippen molar-refractivity contribution < 1.29 is 32.3 Å². The molecule has 168 valence electrons. The first-order chi connectivity index (χ1) is 13.2. The highest BCUT2D eigenvalue weighted by Gasteiger charge is 2.66. The van der Waals surface area contributed by atoms with E-state index in [-0.39, 0.29) is 6.42 Å². The Morgan fingerprint density at radius 1 is 0.862 bits per heavy atom. The zero-order valence-electron chi connectivity index (χ0n) is 18.6. The first-order valence-electron chi connectivity index (χ1n) is 9.80. The predicted octanol–water partition coefficient (Wildman–Crippen LogP) is 5.36. The number of rotatable bonds is 12. The van der Waals surface area contributed by atoms with Gasteiger partial charge in [-0.1, -0.05) is 6.07 Å². The molecule has 0 bridgehead atoms. The van der Waals surface area contributed by atoms with Crippen LogP contribution in [0.4, 0.5) is 0 Å². The molecule has 0 saturated carbocycles. The number of nitrogens with zero attached hydrogens (tertiary/aromatic N) is 1. The topological polar surface area (TPSA) is 104 Å². The van der Waals surface area contributed by atoms with Crippen LogP contribution in [-0.4, -0.2) is 39.6 Å². The van der Waals surface area contributed by atoms with Gasteiger partial charge in [0.25, 0.3) is 5.08 Å². The van der Waals surface area contributed by atoms with Crippen LogP contribution in [0.1, 0.15) is 61.0 Å². The Bertz CT molecular complexity index is 657. The van der Waals surface area contributed by atoms with Crippen molar-refractivity contribution in [1.82, 2.24) is 4.98 Å². The predicted molar refractivity (Wildman–Crippen MR) is 113 cm³/mol. The van der Waals surface area contributed by atoms with Gasteiger partial charge in [0.05, 0.1) is 24.4 Å². The first kappa shape index (κ1) is 26.4. The largest absolute Gasteiger partial charge is 0.375 e. The number of pyridine rings is 1. The minimum Gasteiger partial charge on any atom is -0.367 e. The molecule has 0 saturated heterocycles. The van der Waals surface area contributed by atoms with Crippen LogP contribution < -0.4 is 0 Å². The standard InChI is InChI=1S/C19H35NO7P2/c1-14(2)24-28(22,25-15(3)4)19(21,12-18-10-9-11-20-13-18)29(23,26-16(5)6)27-17(7)8/h9-11,13-17,21H,12H2,1-8H3. The molecule has 0 aromatic carbocycles. The van der Waals surface area contributed by atoms with Gasteiger partial charge in [0.15, 0.2) is 0 Å². The number of hydrogen-bond donors (Lipinski definition) is 1. The van der Waals surface area contributed by atoms with Crippen molar-refractivity contribution in [2.75, 3.05) is 0 Å². The Kier molecular flexibility index (Phi) is 9.69. The van der Waals surface area contributed by atoms with Gasteiger partial charge in [-0.3, -0.25) is 14.1 Å². The molecule has 1 aromatic rings. The van der Waals surface area contributed by atoms with Crippen LogP contribution in [-0.2, 0) is 33.6 Å². The van der Waals surface area contributed by atoms with Gasteiger partial charge in [-0.2, -0.15) is 0 Å². The molecular formula is C19H35NO7P2. The molecular weight excluding hydrogens is 416 g/mol. The lowest BCUT2D eigenvalue weighted by molar-refractivity contribution is 0.0460. The normalized spacial score (nSPS) is 13.8. The molecule has 0 atom stereocenters. The second kappa shape index (κ2) is 10.6. The molecule has 8 nitrogen and oxygen atoms in total. The smallest absolute Gasteiger partial charge is 0.367 e. The number of hydrogen-bond acceptors (Lipinski definition) is 8. The van der Waals surface area contributed by atoms with E-state index in [2.05, 4.69) is 4.98 Å². The minimum absolute atomic E-state index is 0.353. The minimum atomic E-state index is -4.44. The van der Waals surface area contributed by atoms with E-state index < -0.39 is 44.7 Å². The summed E-state index contributed by atoms with van der Waals surface area (Å²) in [6.45, 7) is 13.2. The van der Waals surface area contributed by atoms with Crippen LogP contribution in [0, 0.1) is 0 Å². The van der Waals surface area contributed by atoms with E-state index in [0.29, 0.717) is 5.56 Å². The van der Waals surface area contributed by atoms with E-state index in [1.807, 2.05) is 0 Å². The van der Waals surface area contributed by atoms with Crippen molar-refractivity contribution in [3.8, 4) is 0 Å². The van der Waals surface area contributed by atoms with Gasteiger partial charge in [0.1, 0.15) is 0 Å². The summed E-state index contributed by atoms with van der Waals surface area (Å²) in [5.41, 5.74) is 0.481. The van der Waals surface area contributed by atoms with Crippen LogP contribution in [0.25, 0.3) is 0 Å². The van der Waals surface area contributed by atoms with Crippen LogP contribution in [0.15, 0.2) is 24.5 Å². The summed E-state index contributed by atoms with van der Waals surface area (Å²) in [5, 5.41) is 9.27. The van der Waals surface area contributed by atoms with E-state index in [1.54, 1.807) is 73.7 Å². The third-order valence-corrected chi connectivity index (χ3v) is 9.78. The lowest BCUT2D eigenvalue weighted by Crippen LogP contribution is -2.38. The second-order valence-electron chi connectivity index (χ2n) is 7.92. The highest BCUT2D eigenvalue weighted by atomic mass is 31.2. The first-order valence-corrected chi connectivity index (χ1v) is 12.9. The lowest BCUT2D eigenvalue weighted by Gasteiger charge is -2.41. The summed E-state index contributed by atoms with van der Waals surface area (Å²) in [6.07, 6.45) is 0.381. The Hall–Kier alpha value is -0.590. The highest BCUT2D eigenvalue weighted by Crippen LogP contribution is 2.78. The third kappa shape index (κ3) is 6.96. The Balaban J connectivity index is 3.72. The SMILES string of the molecule is CC(C)OP(=O)(OC(C)C)C(O)(Cc1cccnc1)P(=O)(OC(C)C)OC(C)C. The number of aliphatic hydroxyl groups is 1. The molecule has 1 N–H and O–H groups in total. The maximum absolute atomic E-state index is 14.0. The van der Waals surface area contributed by atoms with E-state index in [1.165, 1.54) is 6.20 Å². The summed E-state index contributed by atoms with van der Waals surface area (Å²) < 4.78 is 50.5. The molecule has 0 spiro atoms. The maximum atomic E-state index is 14.0. The van der Waals surface area contributed by atoms with Gasteiger partial charge in [-0.05, 0) is 67.0 Å². The quantitative estimate of drug-likeness (QED) is 0.424. The van der Waals surface area contributed by atoms with Crippen LogP contribution in [0.5, 0.6) is 0 Å². The van der Waals surface area contributed by atoms with Gasteiger partial charge in [-0.15, -0.1) is 0 Å². The van der Waals surface area contributed by atoms with Gasteiger partial charge in [-0.25, -0.2) is 0 Å². The molecule has 0 unspecified atom stereocenters. The molecule has 0 aliphatic rings. The van der Waals surface area contributed by atoms with Crippen molar-refractivity contribution in [2.24, 2.45) is 0 Å². The highest BCUT2D eigenvalue weighted by molar-refractivity contribution is 7.73. The van der Waals surface area contributed by atoms with Crippen LogP contribution in [0.3, 0.4) is 0 Å². The summed E-state index contributed by atoms with van der Waals surface area (Å²) in [4.78, 5) is 4.02. The molecule has 0 radical (unpaired) electrons. The Labute approximate surface area is 174 Å². The fourth-order valence-corrected chi connectivity index (χ4v) is 8.13. The fraction of sp³-hybridized carbons (Fsp3) is 0.737. The summed E-state index contributed by atoms with van der Waals surface area (Å²) in [5.74, 6) is 0. The van der Waals surface area contributed by atoms with Crippen molar-refractivity contribution in [1.29, 1.82) is 0 Å². The summed E-state index contributed by atoms with van der Waals surface area (Å²) in [6, 6.07) is 3.33. The second-order valence-corrected chi connectivity index (χ2v) is 12.6. The van der Waals surface area contributed by atoms with Crippen LogP contribution >= 0.6 is 15.2 Å². The monoisotopic (exact) mass is 451 g/mol. The third-order valence-electron chi connectivity index (χ3n) is 3.44. The molecule has 1 aromatic heterocycles. The van der Waals surface area contributed by atoms with E-state index in [0.717, 1.165) is 0 Å². The van der Waals surface area contributed by atoms with Crippen molar-refractivity contribution in [3.05, 3.63) is 30.1 Å². The van der Waals surface area contributed by atoms with Crippen molar-refractivity contribution in [2.45, 2.75) is 91.3 Å². The van der Waals surface area contributed by atoms with Gasteiger partial charge >= 0.3 is 15.2 Å². The molecule has 1 heterocycles. The summed E-state index contributed by atoms with van der Waals surface area (Å²) in [7, 11) is -8.88. The molecule has 29 heavy (non-hydrogen) atoms. The lowest BCUT2D eigenvalue weighted by atomic mass is 10.2. The van der Waals surface area contributed by atoms with Gasteiger partial charge < -0.3 is 23.2 Å². The van der Waals surface area contributed by atoms with E-state index in [9.17, 15) is 14.2 Å². The molecule has 0 aliphatic carbocycles. The summed E-state index contributed by atoms with van der Waals surface area (Å²) >= 11 is 0. The molecule has 1 rings (SSSR count). The Morgan fingerprint density at radius 2 is 1.24 bits per heavy atom. The molecule has 0 fully saturated rings. The average molecular weight is 451 g/mol. The molecule has 0 amide bonds. The fourth-order valence-electron chi connectivity index (χ4n) is 2.62. The molecule has 10 heteroatoms. The van der Waals surface area contributed by atoms with Crippen molar-refractivity contribution >= 4 is 15.2 Å². The Morgan fingerprint density at radius 3 is 1.52 bits per heavy atom. The van der Waals surface area contributed by atoms with Crippen molar-refractivity contribution in [3.63, 3.8) is 0 Å². The zero-order valence-corrected chi connectivity index (χ0v) is 20.4. The number of aromatic nitrogens is 1. The van der Waals surface area contributed by atoms with Crippen LogP contribution in [0.2, 0.25) is 0 Å². The van der Waals surface area contributed by atoms with E-state index in [4.69, 9.17) is 18.1 Å². The van der Waals surface area contributed by atoms with E-state index >= 15 is 0 Å².